The molecule has 4 aromatic carbocycles. The molecule has 3 heteroatoms. The first kappa shape index (κ1) is 22.2. The standard InChI is InChI=1S/C29H29FOP/c1-29(2,30)23-31-25-18-20-28(21-19-25)32(26-14-8-4-9-15-26,27-16-10-5-11-17-27)22-24-12-6-3-7-13-24/h3-21H,22-23H2,1-2H3/q+1. The van der Waals surface area contributed by atoms with E-state index >= 15 is 0 Å². The molecule has 4 rings (SSSR count). The van der Waals surface area contributed by atoms with Crippen LogP contribution in [-0.4, -0.2) is 12.3 Å². The third kappa shape index (κ3) is 5.09. The fourth-order valence-corrected chi connectivity index (χ4v) is 8.22. The van der Waals surface area contributed by atoms with Gasteiger partial charge < -0.3 is 4.74 Å². The lowest BCUT2D eigenvalue weighted by Crippen LogP contribution is -2.32. The highest BCUT2D eigenvalue weighted by Crippen LogP contribution is 2.58. The molecule has 32 heavy (non-hydrogen) atoms. The highest BCUT2D eigenvalue weighted by atomic mass is 31.2. The van der Waals surface area contributed by atoms with E-state index in [0.29, 0.717) is 5.75 Å². The van der Waals surface area contributed by atoms with Gasteiger partial charge >= 0.3 is 0 Å². The SMILES string of the molecule is CC(C)(F)COc1ccc([P+](Cc2ccccc2)(c2ccccc2)c2ccccc2)cc1. The van der Waals surface area contributed by atoms with Crippen LogP contribution in [0.3, 0.4) is 0 Å². The molecule has 0 aliphatic rings. The van der Waals surface area contributed by atoms with E-state index in [1.807, 2.05) is 12.1 Å². The molecule has 0 amide bonds. The summed E-state index contributed by atoms with van der Waals surface area (Å²) in [5.74, 6) is 0.693. The molecule has 0 spiro atoms. The minimum Gasteiger partial charge on any atom is -0.490 e. The predicted octanol–water partition coefficient (Wildman–Crippen LogP) is 6.31. The van der Waals surface area contributed by atoms with Gasteiger partial charge in [-0.1, -0.05) is 66.7 Å². The Kier molecular flexibility index (Phi) is 6.72. The van der Waals surface area contributed by atoms with Crippen molar-refractivity contribution >= 4 is 23.2 Å². The summed E-state index contributed by atoms with van der Waals surface area (Å²) in [6.45, 7) is 3.10. The highest BCUT2D eigenvalue weighted by molar-refractivity contribution is 7.95. The molecular formula is C29H29FOP+. The first-order valence-electron chi connectivity index (χ1n) is 10.9. The fourth-order valence-electron chi connectivity index (χ4n) is 4.00. The maximum absolute atomic E-state index is 13.9. The number of halogens is 1. The number of hydrogen-bond acceptors (Lipinski definition) is 1. The molecular weight excluding hydrogens is 414 g/mol. The molecule has 4 aromatic rings. The minimum atomic E-state index is -1.98. The van der Waals surface area contributed by atoms with Gasteiger partial charge in [0.25, 0.3) is 0 Å². The van der Waals surface area contributed by atoms with E-state index in [4.69, 9.17) is 4.74 Å². The average molecular weight is 444 g/mol. The molecule has 0 N–H and O–H groups in total. The van der Waals surface area contributed by atoms with Crippen LogP contribution in [0.15, 0.2) is 115 Å². The van der Waals surface area contributed by atoms with E-state index in [9.17, 15) is 4.39 Å². The van der Waals surface area contributed by atoms with Gasteiger partial charge in [-0.15, -0.1) is 0 Å². The summed E-state index contributed by atoms with van der Waals surface area (Å²) < 4.78 is 19.6. The quantitative estimate of drug-likeness (QED) is 0.290. The van der Waals surface area contributed by atoms with Crippen LogP contribution in [0.2, 0.25) is 0 Å². The van der Waals surface area contributed by atoms with Crippen LogP contribution < -0.4 is 20.7 Å². The maximum atomic E-state index is 13.9. The van der Waals surface area contributed by atoms with Crippen LogP contribution in [0.1, 0.15) is 19.4 Å². The summed E-state index contributed by atoms with van der Waals surface area (Å²) in [6, 6.07) is 40.6. The first-order chi connectivity index (χ1) is 15.5. The van der Waals surface area contributed by atoms with Gasteiger partial charge in [0, 0.05) is 0 Å². The molecule has 0 unspecified atom stereocenters. The monoisotopic (exact) mass is 443 g/mol. The number of rotatable bonds is 8. The zero-order valence-electron chi connectivity index (χ0n) is 18.6. The van der Waals surface area contributed by atoms with E-state index in [0.717, 1.165) is 6.16 Å². The summed E-state index contributed by atoms with van der Waals surface area (Å²) in [6.07, 6.45) is 0.930. The van der Waals surface area contributed by atoms with E-state index in [-0.39, 0.29) is 6.61 Å². The maximum Gasteiger partial charge on any atom is 0.139 e. The summed E-state index contributed by atoms with van der Waals surface area (Å²) >= 11 is 0. The van der Waals surface area contributed by atoms with E-state index in [2.05, 4.69) is 103 Å². The Morgan fingerprint density at radius 3 is 1.53 bits per heavy atom. The van der Waals surface area contributed by atoms with Crippen molar-refractivity contribution in [3.8, 4) is 5.75 Å². The lowest BCUT2D eigenvalue weighted by atomic mass is 10.2. The molecule has 0 bridgehead atoms. The van der Waals surface area contributed by atoms with Crippen molar-refractivity contribution < 1.29 is 9.13 Å². The zero-order valence-corrected chi connectivity index (χ0v) is 19.5. The molecule has 0 saturated heterocycles. The largest absolute Gasteiger partial charge is 0.490 e. The van der Waals surface area contributed by atoms with Gasteiger partial charge in [0.05, 0.1) is 6.16 Å². The molecule has 1 nitrogen and oxygen atoms in total. The number of benzene rings is 4. The van der Waals surface area contributed by atoms with Crippen LogP contribution in [0.25, 0.3) is 0 Å². The predicted molar refractivity (Wildman–Crippen MR) is 136 cm³/mol. The van der Waals surface area contributed by atoms with Crippen molar-refractivity contribution in [2.45, 2.75) is 25.7 Å². The molecule has 0 fully saturated rings. The number of ether oxygens (including phenoxy) is 1. The van der Waals surface area contributed by atoms with Crippen LogP contribution >= 0.6 is 7.26 Å². The van der Waals surface area contributed by atoms with Crippen LogP contribution in [0.5, 0.6) is 5.75 Å². The Bertz CT molecular complexity index is 1070. The van der Waals surface area contributed by atoms with Crippen LogP contribution in [0.4, 0.5) is 4.39 Å². The smallest absolute Gasteiger partial charge is 0.139 e. The Morgan fingerprint density at radius 1 is 0.625 bits per heavy atom. The molecule has 0 radical (unpaired) electrons. The van der Waals surface area contributed by atoms with Gasteiger partial charge in [0.2, 0.25) is 0 Å². The summed E-state index contributed by atoms with van der Waals surface area (Å²) in [4.78, 5) is 0. The van der Waals surface area contributed by atoms with Crippen molar-refractivity contribution in [1.29, 1.82) is 0 Å². The lowest BCUT2D eigenvalue weighted by molar-refractivity contribution is 0.121. The normalized spacial score (nSPS) is 11.8. The molecule has 0 heterocycles. The Morgan fingerprint density at radius 2 is 1.06 bits per heavy atom. The fraction of sp³-hybridized carbons (Fsp3) is 0.172. The lowest BCUT2D eigenvalue weighted by Gasteiger charge is -2.28. The second-order valence-electron chi connectivity index (χ2n) is 8.63. The van der Waals surface area contributed by atoms with Gasteiger partial charge in [0.15, 0.2) is 0 Å². The van der Waals surface area contributed by atoms with Crippen LogP contribution in [-0.2, 0) is 6.16 Å². The topological polar surface area (TPSA) is 9.23 Å². The van der Waals surface area contributed by atoms with Crippen molar-refractivity contribution in [3.63, 3.8) is 0 Å². The second kappa shape index (κ2) is 9.67. The second-order valence-corrected chi connectivity index (χ2v) is 12.1. The molecule has 0 saturated carbocycles. The van der Waals surface area contributed by atoms with Crippen LogP contribution in [0, 0.1) is 0 Å². The summed E-state index contributed by atoms with van der Waals surface area (Å²) in [7, 11) is -1.98. The highest BCUT2D eigenvalue weighted by Gasteiger charge is 2.45. The van der Waals surface area contributed by atoms with Gasteiger partial charge in [-0.2, -0.15) is 0 Å². The van der Waals surface area contributed by atoms with Gasteiger partial charge in [-0.3, -0.25) is 0 Å². The Hall–Kier alpha value is -2.96. The van der Waals surface area contributed by atoms with Crippen molar-refractivity contribution in [1.82, 2.24) is 0 Å². The van der Waals surface area contributed by atoms with Gasteiger partial charge in [-0.25, -0.2) is 4.39 Å². The first-order valence-corrected chi connectivity index (χ1v) is 12.9. The third-order valence-electron chi connectivity index (χ3n) is 5.52. The van der Waals surface area contributed by atoms with Gasteiger partial charge in [0.1, 0.15) is 41.2 Å². The molecule has 0 atom stereocenters. The van der Waals surface area contributed by atoms with Gasteiger partial charge in [-0.05, 0) is 67.9 Å². The van der Waals surface area contributed by atoms with E-state index < -0.39 is 12.9 Å². The third-order valence-corrected chi connectivity index (χ3v) is 9.89. The minimum absolute atomic E-state index is 0.0357. The van der Waals surface area contributed by atoms with E-state index in [1.54, 1.807) is 0 Å². The van der Waals surface area contributed by atoms with E-state index in [1.165, 1.54) is 35.3 Å². The Balaban J connectivity index is 1.85. The van der Waals surface area contributed by atoms with Crippen molar-refractivity contribution in [2.24, 2.45) is 0 Å². The zero-order chi connectivity index (χ0) is 22.4. The molecule has 0 aliphatic carbocycles. The molecule has 0 aromatic heterocycles. The molecule has 162 valence electrons. The summed E-state index contributed by atoms with van der Waals surface area (Å²) in [5.41, 5.74) is -0.0513. The number of alkyl halides is 1. The summed E-state index contributed by atoms with van der Waals surface area (Å²) in [5, 5.41) is 3.97. The Labute approximate surface area is 191 Å². The molecule has 0 aliphatic heterocycles. The number of hydrogen-bond donors (Lipinski definition) is 0. The average Bonchev–Trinajstić information content (AvgIpc) is 2.83. The van der Waals surface area contributed by atoms with Crippen molar-refractivity contribution in [3.05, 3.63) is 121 Å². The van der Waals surface area contributed by atoms with Crippen molar-refractivity contribution in [2.75, 3.05) is 6.61 Å².